The standard InChI is InChI=1S/C24H23N7O2/c32-20(31-10-9-26-13-31)6-5-16-21(14-1-2-14)18(28-22(16)15-3-4-15)11-17-23(29-30-24(17)33)19-12-25-7-8-27-19/h7-15,28H,1-6H2,(H,30,33). The minimum atomic E-state index is -0.253. The van der Waals surface area contributed by atoms with Crippen LogP contribution in [0, 0.1) is 0 Å². The van der Waals surface area contributed by atoms with Gasteiger partial charge in [-0.15, -0.1) is 0 Å². The second kappa shape index (κ2) is 7.91. The largest absolute Gasteiger partial charge is 0.358 e. The van der Waals surface area contributed by atoms with Crippen LogP contribution in [0.5, 0.6) is 0 Å². The zero-order chi connectivity index (χ0) is 22.4. The van der Waals surface area contributed by atoms with Gasteiger partial charge in [0, 0.05) is 42.6 Å². The smallest absolute Gasteiger partial charge is 0.273 e. The highest BCUT2D eigenvalue weighted by molar-refractivity contribution is 6.32. The van der Waals surface area contributed by atoms with E-state index in [-0.39, 0.29) is 11.8 Å². The number of nitrogens with zero attached hydrogens (tertiary/aromatic N) is 5. The Bertz CT molecular complexity index is 1280. The van der Waals surface area contributed by atoms with Gasteiger partial charge in [-0.1, -0.05) is 0 Å². The molecule has 9 nitrogen and oxygen atoms in total. The molecular weight excluding hydrogens is 418 g/mol. The van der Waals surface area contributed by atoms with E-state index in [1.807, 2.05) is 6.08 Å². The molecule has 3 aromatic heterocycles. The summed E-state index contributed by atoms with van der Waals surface area (Å²) in [6.07, 6.45) is 17.2. The topological polar surface area (TPSA) is 118 Å². The van der Waals surface area contributed by atoms with E-state index in [0.29, 0.717) is 41.7 Å². The average Bonchev–Trinajstić information content (AvgIpc) is 3.74. The molecule has 4 heterocycles. The molecule has 0 atom stereocenters. The average molecular weight is 441 g/mol. The van der Waals surface area contributed by atoms with Crippen molar-refractivity contribution in [2.75, 3.05) is 0 Å². The number of carbonyl (C=O) groups excluding carboxylic acids is 2. The number of imidazole rings is 1. The molecule has 9 heteroatoms. The van der Waals surface area contributed by atoms with E-state index >= 15 is 0 Å². The molecule has 3 aromatic rings. The maximum absolute atomic E-state index is 12.6. The quantitative estimate of drug-likeness (QED) is 0.547. The van der Waals surface area contributed by atoms with Gasteiger partial charge in [0.25, 0.3) is 5.91 Å². The molecule has 0 saturated heterocycles. The first kappa shape index (κ1) is 19.8. The predicted molar refractivity (Wildman–Crippen MR) is 121 cm³/mol. The maximum Gasteiger partial charge on any atom is 0.273 e. The van der Waals surface area contributed by atoms with Crippen molar-refractivity contribution in [2.45, 2.75) is 50.4 Å². The maximum atomic E-state index is 12.6. The molecule has 1 amide bonds. The van der Waals surface area contributed by atoms with Gasteiger partial charge in [0.05, 0.1) is 11.8 Å². The summed E-state index contributed by atoms with van der Waals surface area (Å²) in [6.45, 7) is 0. The van der Waals surface area contributed by atoms with E-state index in [9.17, 15) is 9.59 Å². The number of aromatic amines is 1. The van der Waals surface area contributed by atoms with Gasteiger partial charge in [-0.25, -0.2) is 10.4 Å². The van der Waals surface area contributed by atoms with E-state index in [4.69, 9.17) is 0 Å². The van der Waals surface area contributed by atoms with Crippen molar-refractivity contribution >= 4 is 23.6 Å². The van der Waals surface area contributed by atoms with Crippen molar-refractivity contribution in [3.05, 3.63) is 71.1 Å². The van der Waals surface area contributed by atoms with E-state index in [1.54, 1.807) is 37.3 Å². The number of hydrazone groups is 1. The van der Waals surface area contributed by atoms with E-state index in [1.165, 1.54) is 21.4 Å². The molecule has 2 N–H and O–H groups in total. The highest BCUT2D eigenvalue weighted by atomic mass is 16.2. The molecule has 1 aliphatic heterocycles. The van der Waals surface area contributed by atoms with Crippen molar-refractivity contribution < 1.29 is 9.59 Å². The number of hydrogen-bond donors (Lipinski definition) is 2. The Hall–Kier alpha value is -3.88. The third-order valence-electron chi connectivity index (χ3n) is 6.43. The second-order valence-corrected chi connectivity index (χ2v) is 8.81. The molecule has 2 fully saturated rings. The summed E-state index contributed by atoms with van der Waals surface area (Å²) in [5, 5.41) is 4.20. The van der Waals surface area contributed by atoms with Crippen LogP contribution in [0.4, 0.5) is 0 Å². The van der Waals surface area contributed by atoms with Gasteiger partial charge in [0.15, 0.2) is 0 Å². The Morgan fingerprint density at radius 2 is 1.97 bits per heavy atom. The SMILES string of the molecule is O=C1NN=C(c2cnccn2)C1=Cc1[nH]c(C2CC2)c(CCC(=O)n2ccnc2)c1C1CC1. The summed E-state index contributed by atoms with van der Waals surface area (Å²) in [4.78, 5) is 41.3. The first-order valence-corrected chi connectivity index (χ1v) is 11.3. The Morgan fingerprint density at radius 1 is 1.12 bits per heavy atom. The molecule has 0 aromatic carbocycles. The monoisotopic (exact) mass is 441 g/mol. The fourth-order valence-electron chi connectivity index (χ4n) is 4.53. The molecule has 6 rings (SSSR count). The van der Waals surface area contributed by atoms with Crippen LogP contribution in [-0.2, 0) is 11.2 Å². The summed E-state index contributed by atoms with van der Waals surface area (Å²) in [5.41, 5.74) is 8.75. The van der Waals surface area contributed by atoms with Gasteiger partial charge in [-0.05, 0) is 61.1 Å². The molecule has 166 valence electrons. The van der Waals surface area contributed by atoms with Crippen LogP contribution in [0.15, 0.2) is 48.0 Å². The zero-order valence-electron chi connectivity index (χ0n) is 18.0. The van der Waals surface area contributed by atoms with Crippen molar-refractivity contribution in [1.82, 2.24) is 29.9 Å². The molecule has 3 aliphatic rings. The van der Waals surface area contributed by atoms with Gasteiger partial charge in [0.2, 0.25) is 5.91 Å². The molecule has 0 spiro atoms. The molecule has 0 bridgehead atoms. The molecule has 2 aliphatic carbocycles. The van der Waals surface area contributed by atoms with Crippen LogP contribution in [0.3, 0.4) is 0 Å². The molecule has 2 saturated carbocycles. The van der Waals surface area contributed by atoms with Crippen molar-refractivity contribution in [2.24, 2.45) is 5.10 Å². The van der Waals surface area contributed by atoms with Crippen molar-refractivity contribution in [3.63, 3.8) is 0 Å². The van der Waals surface area contributed by atoms with Crippen LogP contribution >= 0.6 is 0 Å². The first-order chi connectivity index (χ1) is 16.2. The van der Waals surface area contributed by atoms with Crippen LogP contribution in [0.25, 0.3) is 6.08 Å². The van der Waals surface area contributed by atoms with Crippen molar-refractivity contribution in [3.8, 4) is 0 Å². The fourth-order valence-corrected chi connectivity index (χ4v) is 4.53. The fraction of sp³-hybridized carbons (Fsp3) is 0.333. The Kier molecular flexibility index (Phi) is 4.74. The second-order valence-electron chi connectivity index (χ2n) is 8.81. The first-order valence-electron chi connectivity index (χ1n) is 11.3. The van der Waals surface area contributed by atoms with Gasteiger partial charge >= 0.3 is 0 Å². The number of carbonyl (C=O) groups is 2. The number of H-pyrrole nitrogens is 1. The van der Waals surface area contributed by atoms with E-state index < -0.39 is 0 Å². The molecule has 0 unspecified atom stereocenters. The molecule has 33 heavy (non-hydrogen) atoms. The van der Waals surface area contributed by atoms with Gasteiger partial charge in [-0.2, -0.15) is 5.10 Å². The van der Waals surface area contributed by atoms with Gasteiger partial charge in [0.1, 0.15) is 17.7 Å². The number of rotatable bonds is 7. The predicted octanol–water partition coefficient (Wildman–Crippen LogP) is 2.95. The van der Waals surface area contributed by atoms with Crippen LogP contribution in [0.1, 0.15) is 76.9 Å². The van der Waals surface area contributed by atoms with E-state index in [2.05, 4.69) is 30.5 Å². The van der Waals surface area contributed by atoms with Crippen LogP contribution in [-0.4, -0.2) is 42.0 Å². The summed E-state index contributed by atoms with van der Waals surface area (Å²) in [6, 6.07) is 0. The number of aromatic nitrogens is 5. The lowest BCUT2D eigenvalue weighted by molar-refractivity contribution is -0.116. The summed E-state index contributed by atoms with van der Waals surface area (Å²) in [5.74, 6) is 0.736. The summed E-state index contributed by atoms with van der Waals surface area (Å²) in [7, 11) is 0. The summed E-state index contributed by atoms with van der Waals surface area (Å²) >= 11 is 0. The molecule has 0 radical (unpaired) electrons. The van der Waals surface area contributed by atoms with Crippen molar-refractivity contribution in [1.29, 1.82) is 0 Å². The molecular formula is C24H23N7O2. The number of nitrogens with one attached hydrogen (secondary N) is 2. The van der Waals surface area contributed by atoms with Crippen LogP contribution in [0.2, 0.25) is 0 Å². The zero-order valence-corrected chi connectivity index (χ0v) is 18.0. The minimum Gasteiger partial charge on any atom is -0.358 e. The van der Waals surface area contributed by atoms with Gasteiger partial charge in [-0.3, -0.25) is 24.1 Å². The third kappa shape index (κ3) is 3.79. The lowest BCUT2D eigenvalue weighted by Crippen LogP contribution is -2.14. The lowest BCUT2D eigenvalue weighted by atomic mass is 9.96. The highest BCUT2D eigenvalue weighted by Crippen LogP contribution is 2.50. The number of hydrogen-bond acceptors (Lipinski definition) is 6. The lowest BCUT2D eigenvalue weighted by Gasteiger charge is -2.08. The van der Waals surface area contributed by atoms with Gasteiger partial charge < -0.3 is 4.98 Å². The van der Waals surface area contributed by atoms with Crippen LogP contribution < -0.4 is 5.43 Å². The highest BCUT2D eigenvalue weighted by Gasteiger charge is 2.36. The Morgan fingerprint density at radius 3 is 2.67 bits per heavy atom. The van der Waals surface area contributed by atoms with E-state index in [0.717, 1.165) is 31.4 Å². The Balaban J connectivity index is 1.37. The summed E-state index contributed by atoms with van der Waals surface area (Å²) < 4.78 is 1.54. The third-order valence-corrected chi connectivity index (χ3v) is 6.43. The minimum absolute atomic E-state index is 0.0318. The normalized spacial score (nSPS) is 19.1. The Labute approximate surface area is 190 Å². The number of amides is 1.